The fourth-order valence-corrected chi connectivity index (χ4v) is 6.40. The van der Waals surface area contributed by atoms with Crippen LogP contribution in [0.2, 0.25) is 0 Å². The summed E-state index contributed by atoms with van der Waals surface area (Å²) in [6, 6.07) is 5.32. The summed E-state index contributed by atoms with van der Waals surface area (Å²) in [6.45, 7) is 8.22. The summed E-state index contributed by atoms with van der Waals surface area (Å²) in [5, 5.41) is 36.9. The van der Waals surface area contributed by atoms with Gasteiger partial charge in [0, 0.05) is 45.2 Å². The summed E-state index contributed by atoms with van der Waals surface area (Å²) in [5.74, 6) is -2.51. The summed E-state index contributed by atoms with van der Waals surface area (Å²) in [4.78, 5) is 69.1. The van der Waals surface area contributed by atoms with Gasteiger partial charge in [-0.25, -0.2) is 27.5 Å². The molecule has 0 saturated heterocycles. The first-order valence-corrected chi connectivity index (χ1v) is 20.2. The zero-order valence-electron chi connectivity index (χ0n) is 37.7. The fraction of sp³-hybridized carbons (Fsp3) is 0.268. The third-order valence-corrected chi connectivity index (χ3v) is 9.83. The van der Waals surface area contributed by atoms with Gasteiger partial charge in [-0.3, -0.25) is 29.1 Å². The second-order valence-electron chi connectivity index (χ2n) is 14.4. The summed E-state index contributed by atoms with van der Waals surface area (Å²) in [5.41, 5.74) is 5.40. The third kappa shape index (κ3) is 15.7. The van der Waals surface area contributed by atoms with Crippen LogP contribution in [0.4, 0.5) is 41.1 Å². The van der Waals surface area contributed by atoms with E-state index in [0.717, 1.165) is 67.0 Å². The Hall–Kier alpha value is -7.13. The first kappa shape index (κ1) is 54.5. The van der Waals surface area contributed by atoms with Crippen LogP contribution in [0.5, 0.6) is 0 Å². The van der Waals surface area contributed by atoms with Gasteiger partial charge in [0.25, 0.3) is 29.5 Å². The molecule has 2 N–H and O–H groups in total. The van der Waals surface area contributed by atoms with Crippen LogP contribution in [0.25, 0.3) is 11.1 Å². The molecule has 2 aliphatic rings. The van der Waals surface area contributed by atoms with Gasteiger partial charge in [0.1, 0.15) is 23.3 Å². The Labute approximate surface area is 417 Å². The number of aryl methyl sites for hydroxylation is 2. The first-order chi connectivity index (χ1) is 32.5. The molecule has 0 atom stereocenters. The molecule has 356 valence electrons. The molecule has 0 aliphatic carbocycles. The SMILES string of the molecule is CC(=O)Nc1cnc(C2=C(C)CCN(c3nnn(C)n3)C2)cn1.CC1=C(c2cnc(NC(=O)c3ccc(F)cc3F)cn2)CN(c2nnn(C)n2)CC1.O=C(Cl)c1ccc(F)cc1F.O=CO[O-].[Na+]. The second kappa shape index (κ2) is 25.9. The first-order valence-electron chi connectivity index (χ1n) is 19.9. The molecular weight excluding hydrogens is 947 g/mol. The Morgan fingerprint density at radius 2 is 1.14 bits per heavy atom. The minimum Gasteiger partial charge on any atom is -0.662 e. The van der Waals surface area contributed by atoms with Crippen molar-refractivity contribution in [3.63, 3.8) is 0 Å². The van der Waals surface area contributed by atoms with Crippen molar-refractivity contribution in [3.8, 4) is 0 Å². The minimum atomic E-state index is -0.947. The summed E-state index contributed by atoms with van der Waals surface area (Å²) >= 11 is 4.96. The van der Waals surface area contributed by atoms with Gasteiger partial charge in [0.05, 0.1) is 61.4 Å². The Bertz CT molecular complexity index is 2820. The van der Waals surface area contributed by atoms with Gasteiger partial charge in [-0.1, -0.05) is 21.3 Å². The van der Waals surface area contributed by atoms with Crippen molar-refractivity contribution in [2.75, 3.05) is 46.6 Å². The van der Waals surface area contributed by atoms with E-state index in [1.54, 1.807) is 32.7 Å². The molecule has 0 unspecified atom stereocenters. The van der Waals surface area contributed by atoms with Gasteiger partial charge < -0.3 is 30.6 Å². The maximum absolute atomic E-state index is 13.8. The van der Waals surface area contributed by atoms with Crippen LogP contribution in [0.3, 0.4) is 0 Å². The average Bonchev–Trinajstić information content (AvgIpc) is 3.95. The Morgan fingerprint density at radius 1 is 0.710 bits per heavy atom. The molecule has 0 bridgehead atoms. The monoisotopic (exact) mass is 986 g/mol. The number of aromatic nitrogens is 12. The van der Waals surface area contributed by atoms with E-state index in [2.05, 4.69) is 78.1 Å². The van der Waals surface area contributed by atoms with Crippen molar-refractivity contribution in [1.29, 1.82) is 0 Å². The molecule has 4 aromatic heterocycles. The van der Waals surface area contributed by atoms with Crippen molar-refractivity contribution < 1.29 is 76.4 Å². The van der Waals surface area contributed by atoms with E-state index in [0.29, 0.717) is 48.6 Å². The molecule has 22 nitrogen and oxygen atoms in total. The van der Waals surface area contributed by atoms with E-state index < -0.39 is 34.4 Å². The minimum absolute atomic E-state index is 0. The molecule has 0 fully saturated rings. The molecule has 2 aliphatic heterocycles. The number of anilines is 4. The molecule has 2 amide bonds. The number of carbonyl (C=O) groups excluding carboxylic acids is 4. The maximum atomic E-state index is 13.8. The van der Waals surface area contributed by atoms with Crippen LogP contribution in [0.15, 0.2) is 72.3 Å². The van der Waals surface area contributed by atoms with E-state index in [1.165, 1.54) is 33.9 Å². The molecule has 0 spiro atoms. The van der Waals surface area contributed by atoms with E-state index >= 15 is 0 Å². The molecular formula is C41H40ClF4N16NaO6. The van der Waals surface area contributed by atoms with Crippen molar-refractivity contribution in [2.45, 2.75) is 33.6 Å². The van der Waals surface area contributed by atoms with Crippen LogP contribution < -0.4 is 55.2 Å². The Morgan fingerprint density at radius 3 is 1.49 bits per heavy atom. The normalized spacial score (nSPS) is 13.0. The molecule has 0 saturated carbocycles. The fourth-order valence-electron chi connectivity index (χ4n) is 6.24. The average molecular weight is 987 g/mol. The van der Waals surface area contributed by atoms with Crippen molar-refractivity contribution in [3.05, 3.63) is 118 Å². The molecule has 69 heavy (non-hydrogen) atoms. The molecule has 6 heterocycles. The van der Waals surface area contributed by atoms with Gasteiger partial charge in [0.2, 0.25) is 5.91 Å². The number of nitrogens with zero attached hydrogens (tertiary/aromatic N) is 14. The van der Waals surface area contributed by atoms with Crippen LogP contribution in [0.1, 0.15) is 65.7 Å². The topological polar surface area (TPSA) is 270 Å². The predicted molar refractivity (Wildman–Crippen MR) is 233 cm³/mol. The molecule has 6 aromatic rings. The zero-order valence-corrected chi connectivity index (χ0v) is 40.4. The van der Waals surface area contributed by atoms with Crippen LogP contribution in [0, 0.1) is 23.3 Å². The van der Waals surface area contributed by atoms with Gasteiger partial charge in [-0.05, 0) is 84.1 Å². The van der Waals surface area contributed by atoms with Crippen molar-refractivity contribution in [2.24, 2.45) is 14.1 Å². The number of halogens is 5. The number of amides is 2. The molecule has 0 radical (unpaired) electrons. The van der Waals surface area contributed by atoms with Crippen molar-refractivity contribution in [1.82, 2.24) is 60.4 Å². The summed E-state index contributed by atoms with van der Waals surface area (Å²) in [6.07, 6.45) is 7.91. The van der Waals surface area contributed by atoms with E-state index in [9.17, 15) is 31.9 Å². The smallest absolute Gasteiger partial charge is 0.662 e. The number of nitrogens with one attached hydrogen (secondary N) is 2. The zero-order chi connectivity index (χ0) is 49.5. The van der Waals surface area contributed by atoms with Gasteiger partial charge in [0.15, 0.2) is 11.6 Å². The second-order valence-corrected chi connectivity index (χ2v) is 14.8. The number of carbonyl (C=O) groups is 4. The number of benzene rings is 2. The number of hydrogen-bond donors (Lipinski definition) is 2. The van der Waals surface area contributed by atoms with Gasteiger partial charge in [-0.2, -0.15) is 9.59 Å². The molecule has 2 aromatic carbocycles. The van der Waals surface area contributed by atoms with Crippen molar-refractivity contribution >= 4 is 69.8 Å². The Balaban J connectivity index is 0.000000234. The van der Waals surface area contributed by atoms with Gasteiger partial charge >= 0.3 is 29.6 Å². The number of rotatable bonds is 9. The number of hydrogen-bond acceptors (Lipinski definition) is 18. The summed E-state index contributed by atoms with van der Waals surface area (Å²) < 4.78 is 51.6. The molecule has 8 rings (SSSR count). The predicted octanol–water partition coefficient (Wildman–Crippen LogP) is 0.639. The van der Waals surface area contributed by atoms with E-state index in [-0.39, 0.29) is 58.9 Å². The largest absolute Gasteiger partial charge is 1.00 e. The Kier molecular flexibility index (Phi) is 20.4. The third-order valence-electron chi connectivity index (χ3n) is 9.63. The van der Waals surface area contributed by atoms with Crippen LogP contribution in [-0.4, -0.2) is 110 Å². The van der Waals surface area contributed by atoms with E-state index in [4.69, 9.17) is 21.7 Å². The van der Waals surface area contributed by atoms with Crippen LogP contribution >= 0.6 is 11.6 Å². The molecule has 28 heteroatoms. The van der Waals surface area contributed by atoms with Gasteiger partial charge in [-0.15, -0.1) is 10.2 Å². The number of tetrazole rings is 2. The quantitative estimate of drug-likeness (QED) is 0.0502. The van der Waals surface area contributed by atoms with E-state index in [1.807, 2.05) is 11.8 Å². The van der Waals surface area contributed by atoms with Crippen LogP contribution in [-0.2, 0) is 28.6 Å². The standard InChI is InChI=1S/C19H18F2N8O.C14H18N8O.C7H3ClF2O.CH2O3.Na/c1-11-5-6-29(19-25-27-28(2)26-19)10-14(11)16-8-23-17(9-22-16)24-18(30)13-4-3-12(20)7-15(13)21;1-9-4-5-22(14-18-20-21(3)19-14)8-11(9)12-6-16-13(7-15-12)17-10(2)23;8-7(11)5-2-1-4(9)3-6(5)10;2-1-4-3;/h3-4,7-9H,5-6,10H2,1-2H3,(H,23,24,30);6-7H,4-5,8H2,1-3H3,(H,16,17,23);1-3H;1,3H;/q;;;;+1/p-1. The summed E-state index contributed by atoms with van der Waals surface area (Å²) in [7, 11) is 3.45. The maximum Gasteiger partial charge on any atom is 1.00 e.